The summed E-state index contributed by atoms with van der Waals surface area (Å²) in [6.45, 7) is 4.03. The molecule has 4 aromatic rings. The predicted octanol–water partition coefficient (Wildman–Crippen LogP) is 2.40. The first-order valence-corrected chi connectivity index (χ1v) is 12.3. The maximum Gasteiger partial charge on any atom is 0.261 e. The average molecular weight is 497 g/mol. The molecule has 0 saturated heterocycles. The van der Waals surface area contributed by atoms with Crippen LogP contribution in [0.15, 0.2) is 64.7 Å². The van der Waals surface area contributed by atoms with Gasteiger partial charge in [0.2, 0.25) is 10.0 Å². The Morgan fingerprint density at radius 2 is 1.91 bits per heavy atom. The molecule has 2 N–H and O–H groups in total. The van der Waals surface area contributed by atoms with E-state index < -0.39 is 15.9 Å². The molecule has 0 aliphatic rings. The van der Waals surface area contributed by atoms with Crippen molar-refractivity contribution < 1.29 is 17.9 Å². The second-order valence-electron chi connectivity index (χ2n) is 7.45. The number of carbonyl (C=O) groups is 1. The van der Waals surface area contributed by atoms with Crippen molar-refractivity contribution in [2.24, 2.45) is 0 Å². The molecule has 35 heavy (non-hydrogen) atoms. The van der Waals surface area contributed by atoms with Gasteiger partial charge in [-0.15, -0.1) is 0 Å². The highest BCUT2D eigenvalue weighted by Gasteiger charge is 2.27. The van der Waals surface area contributed by atoms with Crippen molar-refractivity contribution in [2.45, 2.75) is 18.7 Å². The van der Waals surface area contributed by atoms with E-state index >= 15 is 0 Å². The van der Waals surface area contributed by atoms with Gasteiger partial charge in [-0.25, -0.2) is 18.1 Å². The van der Waals surface area contributed by atoms with Crippen molar-refractivity contribution in [2.75, 3.05) is 25.5 Å². The summed E-state index contributed by atoms with van der Waals surface area (Å²) in [5.41, 5.74) is 1.01. The number of anilines is 1. The van der Waals surface area contributed by atoms with Crippen LogP contribution in [0.5, 0.6) is 5.75 Å². The van der Waals surface area contributed by atoms with Gasteiger partial charge in [0.1, 0.15) is 16.0 Å². The van der Waals surface area contributed by atoms with Gasteiger partial charge in [-0.1, -0.05) is 26.0 Å². The largest absolute Gasteiger partial charge is 0.495 e. The number of aromatic amines is 1. The minimum Gasteiger partial charge on any atom is -0.495 e. The van der Waals surface area contributed by atoms with E-state index in [2.05, 4.69) is 20.4 Å². The molecule has 1 amide bonds. The van der Waals surface area contributed by atoms with Crippen molar-refractivity contribution >= 4 is 32.7 Å². The van der Waals surface area contributed by atoms with E-state index in [0.29, 0.717) is 22.4 Å². The third-order valence-corrected chi connectivity index (χ3v) is 7.57. The van der Waals surface area contributed by atoms with E-state index in [1.54, 1.807) is 38.1 Å². The Balaban J connectivity index is 1.73. The molecule has 0 radical (unpaired) electrons. The number of hydrogen-bond acceptors (Lipinski definition) is 7. The molecule has 4 rings (SSSR count). The van der Waals surface area contributed by atoms with Gasteiger partial charge in [-0.05, 0) is 30.3 Å². The second kappa shape index (κ2) is 9.68. The first-order valence-electron chi connectivity index (χ1n) is 10.8. The maximum absolute atomic E-state index is 13.2. The van der Waals surface area contributed by atoms with Gasteiger partial charge in [-0.3, -0.25) is 9.59 Å². The molecule has 0 fully saturated rings. The number of methoxy groups -OCH3 is 1. The molecule has 11 nitrogen and oxygen atoms in total. The molecule has 2 aromatic heterocycles. The molecular weight excluding hydrogens is 472 g/mol. The lowest BCUT2D eigenvalue weighted by Gasteiger charge is -2.20. The lowest BCUT2D eigenvalue weighted by atomic mass is 10.2. The van der Waals surface area contributed by atoms with Crippen LogP contribution in [0.2, 0.25) is 0 Å². The molecule has 0 saturated carbocycles. The summed E-state index contributed by atoms with van der Waals surface area (Å²) in [6, 6.07) is 11.1. The van der Waals surface area contributed by atoms with E-state index in [9.17, 15) is 18.0 Å². The van der Waals surface area contributed by atoms with Crippen molar-refractivity contribution in [3.63, 3.8) is 0 Å². The minimum absolute atomic E-state index is 0.0915. The van der Waals surface area contributed by atoms with E-state index in [4.69, 9.17) is 4.74 Å². The fourth-order valence-corrected chi connectivity index (χ4v) is 5.35. The fraction of sp³-hybridized carbons (Fsp3) is 0.217. The minimum atomic E-state index is -3.87. The van der Waals surface area contributed by atoms with Crippen LogP contribution < -0.4 is 15.6 Å². The number of carbonyl (C=O) groups excluding carboxylic acids is 1. The molecule has 182 valence electrons. The van der Waals surface area contributed by atoms with Crippen LogP contribution >= 0.6 is 0 Å². The van der Waals surface area contributed by atoms with E-state index in [0.717, 1.165) is 0 Å². The van der Waals surface area contributed by atoms with E-state index in [-0.39, 0.29) is 34.9 Å². The van der Waals surface area contributed by atoms with Crippen molar-refractivity contribution in [1.82, 2.24) is 24.1 Å². The van der Waals surface area contributed by atoms with Gasteiger partial charge in [-0.2, -0.15) is 9.40 Å². The van der Waals surface area contributed by atoms with Crippen LogP contribution in [0.4, 0.5) is 5.69 Å². The van der Waals surface area contributed by atoms with Gasteiger partial charge in [0.05, 0.1) is 31.0 Å². The van der Waals surface area contributed by atoms with Crippen LogP contribution in [-0.4, -0.2) is 58.6 Å². The molecule has 12 heteroatoms. The molecular formula is C23H24N6O5S. The van der Waals surface area contributed by atoms with E-state index in [1.807, 2.05) is 0 Å². The number of hydrogen-bond donors (Lipinski definition) is 2. The fourth-order valence-electron chi connectivity index (χ4n) is 3.71. The van der Waals surface area contributed by atoms with Crippen molar-refractivity contribution in [1.29, 1.82) is 0 Å². The SMILES string of the molecule is CCN(CC)S(=O)(=O)c1cc(C(=O)Nc2ccccc2-n2ncc3c(=O)[nH]cnc32)ccc1OC. The van der Waals surface area contributed by atoms with Gasteiger partial charge >= 0.3 is 0 Å². The second-order valence-corrected chi connectivity index (χ2v) is 9.36. The highest BCUT2D eigenvalue weighted by molar-refractivity contribution is 7.89. The smallest absolute Gasteiger partial charge is 0.261 e. The zero-order chi connectivity index (χ0) is 25.2. The Labute approximate surface area is 201 Å². The number of aromatic nitrogens is 4. The number of rotatable bonds is 8. The summed E-state index contributed by atoms with van der Waals surface area (Å²) in [5, 5.41) is 7.36. The number of nitrogens with one attached hydrogen (secondary N) is 2. The standard InChI is InChI=1S/C23H24N6O5S/c1-4-28(5-2)35(32,33)20-12-15(10-11-19(20)34-3)22(30)27-17-8-6-7-9-18(17)29-21-16(13-26-29)23(31)25-14-24-21/h6-14H,4-5H2,1-3H3,(H,27,30)(H,24,25,31). The lowest BCUT2D eigenvalue weighted by molar-refractivity contribution is 0.102. The van der Waals surface area contributed by atoms with E-state index in [1.165, 1.54) is 46.8 Å². The summed E-state index contributed by atoms with van der Waals surface area (Å²) in [7, 11) is -2.50. The first kappa shape index (κ1) is 24.1. The molecule has 0 spiro atoms. The molecule has 0 bridgehead atoms. The van der Waals surface area contributed by atoms with Crippen LogP contribution in [0.25, 0.3) is 16.7 Å². The summed E-state index contributed by atoms with van der Waals surface area (Å²) in [4.78, 5) is 31.8. The summed E-state index contributed by atoms with van der Waals surface area (Å²) in [6.07, 6.45) is 2.67. The molecule has 0 unspecified atom stereocenters. The molecule has 0 aliphatic carbocycles. The van der Waals surface area contributed by atoms with Crippen LogP contribution in [0, 0.1) is 0 Å². The third kappa shape index (κ3) is 4.40. The zero-order valence-electron chi connectivity index (χ0n) is 19.3. The number of nitrogens with zero attached hydrogens (tertiary/aromatic N) is 4. The van der Waals surface area contributed by atoms with Gasteiger partial charge in [0, 0.05) is 18.7 Å². The number of H-pyrrole nitrogens is 1. The van der Waals surface area contributed by atoms with Gasteiger partial charge < -0.3 is 15.0 Å². The number of fused-ring (bicyclic) bond motifs is 1. The number of ether oxygens (including phenoxy) is 1. The molecule has 0 aliphatic heterocycles. The Morgan fingerprint density at radius 3 is 2.63 bits per heavy atom. The number of sulfonamides is 1. The van der Waals surface area contributed by atoms with Crippen molar-refractivity contribution in [3.05, 3.63) is 70.9 Å². The Kier molecular flexibility index (Phi) is 6.67. The average Bonchev–Trinajstić information content (AvgIpc) is 3.30. The lowest BCUT2D eigenvalue weighted by Crippen LogP contribution is -2.31. The Bertz CT molecular complexity index is 1560. The first-order chi connectivity index (χ1) is 16.8. The summed E-state index contributed by atoms with van der Waals surface area (Å²) in [5.74, 6) is -0.383. The maximum atomic E-state index is 13.2. The molecule has 2 heterocycles. The third-order valence-electron chi connectivity index (χ3n) is 5.50. The number of para-hydroxylation sites is 2. The van der Waals surface area contributed by atoms with Gasteiger partial charge in [0.25, 0.3) is 11.5 Å². The zero-order valence-corrected chi connectivity index (χ0v) is 20.2. The van der Waals surface area contributed by atoms with Crippen LogP contribution in [0.1, 0.15) is 24.2 Å². The predicted molar refractivity (Wildman–Crippen MR) is 131 cm³/mol. The molecule has 2 aromatic carbocycles. The topological polar surface area (TPSA) is 139 Å². The van der Waals surface area contributed by atoms with Gasteiger partial charge in [0.15, 0.2) is 5.65 Å². The number of benzene rings is 2. The quantitative estimate of drug-likeness (QED) is 0.382. The highest BCUT2D eigenvalue weighted by atomic mass is 32.2. The molecule has 0 atom stereocenters. The summed E-state index contributed by atoms with van der Waals surface area (Å²) >= 11 is 0. The van der Waals surface area contributed by atoms with Crippen molar-refractivity contribution in [3.8, 4) is 11.4 Å². The normalized spacial score (nSPS) is 11.7. The Hall–Kier alpha value is -4.03. The van der Waals surface area contributed by atoms with Crippen LogP contribution in [0.3, 0.4) is 0 Å². The Morgan fingerprint density at radius 1 is 1.17 bits per heavy atom. The summed E-state index contributed by atoms with van der Waals surface area (Å²) < 4.78 is 34.3. The van der Waals surface area contributed by atoms with Crippen LogP contribution in [-0.2, 0) is 10.0 Å². The monoisotopic (exact) mass is 496 g/mol. The number of amides is 1. The highest BCUT2D eigenvalue weighted by Crippen LogP contribution is 2.29.